The molecule has 2 N–H and O–H groups in total. The maximum atomic E-state index is 14.4. The fourth-order valence-corrected chi connectivity index (χ4v) is 4.56. The lowest BCUT2D eigenvalue weighted by Crippen LogP contribution is -2.47. The molecule has 8 nitrogen and oxygen atoms in total. The number of amides is 3. The molecule has 0 aromatic heterocycles. The Kier molecular flexibility index (Phi) is 6.04. The van der Waals surface area contributed by atoms with Gasteiger partial charge in [0.1, 0.15) is 6.10 Å². The number of halogens is 5. The van der Waals surface area contributed by atoms with Crippen LogP contribution in [0.2, 0.25) is 0 Å². The first-order chi connectivity index (χ1) is 16.7. The summed E-state index contributed by atoms with van der Waals surface area (Å²) < 4.78 is 80.5. The number of hydrogen-bond donors (Lipinski definition) is 2. The van der Waals surface area contributed by atoms with Gasteiger partial charge in [0, 0.05) is 23.1 Å². The molecule has 2 aromatic rings. The number of nitrogens with zero attached hydrogens (tertiary/aromatic N) is 1. The summed E-state index contributed by atoms with van der Waals surface area (Å²) in [7, 11) is 1.01. The summed E-state index contributed by atoms with van der Waals surface area (Å²) in [5.41, 5.74) is -3.50. The number of imide groups is 1. The van der Waals surface area contributed by atoms with Gasteiger partial charge in [0.2, 0.25) is 5.82 Å². The number of methoxy groups -OCH3 is 1. The number of fused-ring (bicyclic) bond motifs is 1. The van der Waals surface area contributed by atoms with Crippen LogP contribution in [0.15, 0.2) is 30.3 Å². The molecule has 36 heavy (non-hydrogen) atoms. The maximum Gasteiger partial charge on any atom is 0.417 e. The SMILES string of the molecule is COc1c([C@H]2[C@H](C(=O)Nc3ccc4c(c3)C(=O)N(O)C4=O)O[C@@](C)(C(F)(F)F)[C@H]2C)ccc(F)c1F. The van der Waals surface area contributed by atoms with Crippen molar-refractivity contribution in [3.8, 4) is 5.75 Å². The van der Waals surface area contributed by atoms with E-state index < -0.39 is 64.8 Å². The van der Waals surface area contributed by atoms with Crippen LogP contribution in [0.4, 0.5) is 27.6 Å². The molecule has 13 heteroatoms. The molecule has 3 amide bonds. The molecular formula is C23H19F5N2O6. The van der Waals surface area contributed by atoms with E-state index in [1.165, 1.54) is 13.0 Å². The van der Waals surface area contributed by atoms with Crippen LogP contribution in [0.5, 0.6) is 5.75 Å². The minimum absolute atomic E-state index is 0.0805. The van der Waals surface area contributed by atoms with Crippen molar-refractivity contribution in [1.82, 2.24) is 5.06 Å². The lowest BCUT2D eigenvalue weighted by molar-refractivity contribution is -0.272. The molecule has 0 aliphatic carbocycles. The lowest BCUT2D eigenvalue weighted by atomic mass is 9.77. The van der Waals surface area contributed by atoms with Crippen molar-refractivity contribution >= 4 is 23.4 Å². The fraction of sp³-hybridized carbons (Fsp3) is 0.348. The number of carbonyl (C=O) groups excluding carboxylic acids is 3. The molecule has 1 fully saturated rings. The van der Waals surface area contributed by atoms with Crippen LogP contribution in [-0.4, -0.2) is 53.0 Å². The zero-order valence-corrected chi connectivity index (χ0v) is 18.9. The second kappa shape index (κ2) is 8.52. The van der Waals surface area contributed by atoms with Crippen LogP contribution in [0.1, 0.15) is 46.0 Å². The topological polar surface area (TPSA) is 105 Å². The third-order valence-corrected chi connectivity index (χ3v) is 6.70. The lowest BCUT2D eigenvalue weighted by Gasteiger charge is -2.32. The quantitative estimate of drug-likeness (QED) is 0.363. The normalized spacial score (nSPS) is 25.8. The molecule has 2 aliphatic rings. The van der Waals surface area contributed by atoms with Gasteiger partial charge in [0.05, 0.1) is 18.2 Å². The van der Waals surface area contributed by atoms with Crippen LogP contribution in [0.3, 0.4) is 0 Å². The molecular weight excluding hydrogens is 495 g/mol. The van der Waals surface area contributed by atoms with Crippen molar-refractivity contribution in [2.75, 3.05) is 12.4 Å². The Morgan fingerprint density at radius 2 is 1.78 bits per heavy atom. The largest absolute Gasteiger partial charge is 0.493 e. The predicted molar refractivity (Wildman–Crippen MR) is 112 cm³/mol. The highest BCUT2D eigenvalue weighted by molar-refractivity contribution is 6.21. The van der Waals surface area contributed by atoms with Gasteiger partial charge in [-0.1, -0.05) is 13.0 Å². The third kappa shape index (κ3) is 3.69. The van der Waals surface area contributed by atoms with Gasteiger partial charge < -0.3 is 14.8 Å². The Balaban J connectivity index is 1.75. The van der Waals surface area contributed by atoms with E-state index in [0.717, 1.165) is 32.2 Å². The van der Waals surface area contributed by atoms with Gasteiger partial charge in [-0.15, -0.1) is 5.06 Å². The molecule has 2 aromatic carbocycles. The van der Waals surface area contributed by atoms with E-state index in [1.54, 1.807) is 0 Å². The van der Waals surface area contributed by atoms with Crippen LogP contribution in [0.25, 0.3) is 0 Å². The Morgan fingerprint density at radius 1 is 1.14 bits per heavy atom. The zero-order chi connectivity index (χ0) is 26.7. The summed E-state index contributed by atoms with van der Waals surface area (Å²) in [6, 6.07) is 5.16. The number of nitrogens with one attached hydrogen (secondary N) is 1. The van der Waals surface area contributed by atoms with Crippen molar-refractivity contribution in [2.24, 2.45) is 5.92 Å². The predicted octanol–water partition coefficient (Wildman–Crippen LogP) is 4.04. The maximum absolute atomic E-state index is 14.4. The van der Waals surface area contributed by atoms with Crippen LogP contribution in [-0.2, 0) is 9.53 Å². The summed E-state index contributed by atoms with van der Waals surface area (Å²) in [6.45, 7) is 1.92. The van der Waals surface area contributed by atoms with E-state index in [-0.39, 0.29) is 27.4 Å². The van der Waals surface area contributed by atoms with Gasteiger partial charge in [0.15, 0.2) is 17.2 Å². The molecule has 0 unspecified atom stereocenters. The fourth-order valence-electron chi connectivity index (χ4n) is 4.56. The molecule has 0 radical (unpaired) electrons. The Morgan fingerprint density at radius 3 is 2.39 bits per heavy atom. The van der Waals surface area contributed by atoms with Gasteiger partial charge in [-0.2, -0.15) is 17.6 Å². The average molecular weight is 514 g/mol. The summed E-state index contributed by atoms with van der Waals surface area (Å²) in [4.78, 5) is 37.1. The number of anilines is 1. The van der Waals surface area contributed by atoms with E-state index >= 15 is 0 Å². The van der Waals surface area contributed by atoms with Gasteiger partial charge >= 0.3 is 6.18 Å². The van der Waals surface area contributed by atoms with E-state index in [9.17, 15) is 41.5 Å². The molecule has 0 saturated carbocycles. The molecule has 2 aliphatic heterocycles. The molecule has 4 atom stereocenters. The summed E-state index contributed by atoms with van der Waals surface area (Å²) in [6.07, 6.45) is -6.78. The number of ether oxygens (including phenoxy) is 2. The first-order valence-corrected chi connectivity index (χ1v) is 10.5. The number of rotatable bonds is 4. The molecule has 4 rings (SSSR count). The van der Waals surface area contributed by atoms with Crippen LogP contribution < -0.4 is 10.1 Å². The third-order valence-electron chi connectivity index (χ3n) is 6.70. The van der Waals surface area contributed by atoms with Crippen molar-refractivity contribution in [3.63, 3.8) is 0 Å². The van der Waals surface area contributed by atoms with Crippen LogP contribution >= 0.6 is 0 Å². The number of alkyl halides is 3. The molecule has 0 bridgehead atoms. The first kappa shape index (κ1) is 25.5. The number of benzene rings is 2. The van der Waals surface area contributed by atoms with Crippen molar-refractivity contribution in [1.29, 1.82) is 0 Å². The smallest absolute Gasteiger partial charge is 0.417 e. The number of carbonyl (C=O) groups is 3. The summed E-state index contributed by atoms with van der Waals surface area (Å²) in [5, 5.41) is 11.7. The van der Waals surface area contributed by atoms with Crippen molar-refractivity contribution in [3.05, 3.63) is 58.7 Å². The molecule has 0 spiro atoms. The zero-order valence-electron chi connectivity index (χ0n) is 18.9. The molecule has 192 valence electrons. The van der Waals surface area contributed by atoms with Gasteiger partial charge in [-0.25, -0.2) is 4.39 Å². The molecule has 2 heterocycles. The summed E-state index contributed by atoms with van der Waals surface area (Å²) >= 11 is 0. The summed E-state index contributed by atoms with van der Waals surface area (Å²) in [5.74, 6) is -9.37. The highest BCUT2D eigenvalue weighted by atomic mass is 19.4. The Labute approximate surface area is 200 Å². The highest BCUT2D eigenvalue weighted by Crippen LogP contribution is 2.55. The van der Waals surface area contributed by atoms with Gasteiger partial charge in [-0.3, -0.25) is 19.6 Å². The minimum atomic E-state index is -4.93. The van der Waals surface area contributed by atoms with Crippen molar-refractivity contribution in [2.45, 2.75) is 37.6 Å². The standard InChI is InChI=1S/C23H19F5N2O6/c1-9-15(12-6-7-14(24)16(25)17(12)35-3)18(36-22(9,2)23(26,27)28)19(31)29-10-4-5-11-13(8-10)21(33)30(34)20(11)32/h4-9,15,18,34H,1-3H3,(H,29,31)/t9-,15-,18+,22+/m0/s1. The van der Waals surface area contributed by atoms with E-state index in [1.807, 2.05) is 0 Å². The van der Waals surface area contributed by atoms with E-state index in [0.29, 0.717) is 6.07 Å². The first-order valence-electron chi connectivity index (χ1n) is 10.5. The van der Waals surface area contributed by atoms with Gasteiger partial charge in [-0.05, 0) is 31.2 Å². The van der Waals surface area contributed by atoms with E-state index in [4.69, 9.17) is 9.47 Å². The number of hydroxylamine groups is 2. The molecule has 1 saturated heterocycles. The number of hydrogen-bond acceptors (Lipinski definition) is 6. The van der Waals surface area contributed by atoms with Gasteiger partial charge in [0.25, 0.3) is 17.7 Å². The second-order valence-corrected chi connectivity index (χ2v) is 8.61. The highest BCUT2D eigenvalue weighted by Gasteiger charge is 2.66. The van der Waals surface area contributed by atoms with E-state index in [2.05, 4.69) is 5.32 Å². The van der Waals surface area contributed by atoms with Crippen molar-refractivity contribution < 1.29 is 51.0 Å². The van der Waals surface area contributed by atoms with Crippen LogP contribution in [0, 0.1) is 17.6 Å². The monoisotopic (exact) mass is 514 g/mol. The average Bonchev–Trinajstić information content (AvgIpc) is 3.21. The second-order valence-electron chi connectivity index (χ2n) is 8.61. The Hall–Kier alpha value is -3.58. The minimum Gasteiger partial charge on any atom is -0.493 e. The Bertz CT molecular complexity index is 1280.